The number of amides is 1. The molecule has 1 saturated heterocycles. The lowest BCUT2D eigenvalue weighted by Crippen LogP contribution is -2.40. The molecule has 1 amide bonds. The van der Waals surface area contributed by atoms with E-state index < -0.39 is 10.2 Å². The molecular formula is C17H25N3O3S. The lowest BCUT2D eigenvalue weighted by Gasteiger charge is -2.20. The van der Waals surface area contributed by atoms with E-state index in [0.29, 0.717) is 13.1 Å². The van der Waals surface area contributed by atoms with Crippen molar-refractivity contribution < 1.29 is 13.2 Å². The number of benzene rings is 1. The first kappa shape index (κ1) is 17.4. The van der Waals surface area contributed by atoms with Gasteiger partial charge in [-0.25, -0.2) is 0 Å². The van der Waals surface area contributed by atoms with Gasteiger partial charge in [-0.15, -0.1) is 0 Å². The highest BCUT2D eigenvalue weighted by molar-refractivity contribution is 7.87. The van der Waals surface area contributed by atoms with Crippen LogP contribution in [0.4, 0.5) is 5.69 Å². The Hall–Kier alpha value is -1.44. The Bertz CT molecular complexity index is 678. The Kier molecular flexibility index (Phi) is 5.53. The van der Waals surface area contributed by atoms with Crippen molar-refractivity contribution in [2.45, 2.75) is 45.1 Å². The van der Waals surface area contributed by atoms with E-state index in [9.17, 15) is 13.2 Å². The largest absolute Gasteiger partial charge is 0.326 e. The third-order valence-corrected chi connectivity index (χ3v) is 6.06. The molecule has 1 aliphatic carbocycles. The minimum absolute atomic E-state index is 0.0531. The first-order chi connectivity index (χ1) is 11.5. The molecule has 1 aliphatic heterocycles. The number of anilines is 1. The molecule has 0 atom stereocenters. The van der Waals surface area contributed by atoms with Crippen molar-refractivity contribution in [1.29, 1.82) is 0 Å². The Morgan fingerprint density at radius 3 is 2.50 bits per heavy atom. The Morgan fingerprint density at radius 2 is 1.83 bits per heavy atom. The summed E-state index contributed by atoms with van der Waals surface area (Å²) in [4.78, 5) is 11.8. The highest BCUT2D eigenvalue weighted by atomic mass is 32.2. The van der Waals surface area contributed by atoms with E-state index in [0.717, 1.165) is 49.8 Å². The maximum atomic E-state index is 12.4. The minimum Gasteiger partial charge on any atom is -0.326 e. The minimum atomic E-state index is -3.45. The summed E-state index contributed by atoms with van der Waals surface area (Å²) in [6.45, 7) is 1.41. The van der Waals surface area contributed by atoms with Gasteiger partial charge in [-0.05, 0) is 43.4 Å². The molecular weight excluding hydrogens is 326 g/mol. The van der Waals surface area contributed by atoms with E-state index in [2.05, 4.69) is 10.0 Å². The van der Waals surface area contributed by atoms with Crippen molar-refractivity contribution in [3.8, 4) is 0 Å². The van der Waals surface area contributed by atoms with Crippen LogP contribution in [-0.2, 0) is 21.5 Å². The normalized spacial score (nSPS) is 19.7. The molecule has 2 fully saturated rings. The van der Waals surface area contributed by atoms with Crippen LogP contribution in [0.1, 0.15) is 44.1 Å². The van der Waals surface area contributed by atoms with Crippen LogP contribution < -0.4 is 10.0 Å². The SMILES string of the molecule is O=C(Nc1cccc(CNS(=O)(=O)N2CCCCCC2)c1)C1CC1. The summed E-state index contributed by atoms with van der Waals surface area (Å²) >= 11 is 0. The topological polar surface area (TPSA) is 78.5 Å². The zero-order valence-electron chi connectivity index (χ0n) is 13.8. The van der Waals surface area contributed by atoms with Crippen LogP contribution >= 0.6 is 0 Å². The summed E-state index contributed by atoms with van der Waals surface area (Å²) in [6, 6.07) is 7.34. The van der Waals surface area contributed by atoms with Crippen LogP contribution in [0.5, 0.6) is 0 Å². The van der Waals surface area contributed by atoms with Crippen LogP contribution in [0.15, 0.2) is 24.3 Å². The lowest BCUT2D eigenvalue weighted by molar-refractivity contribution is -0.117. The van der Waals surface area contributed by atoms with E-state index in [1.54, 1.807) is 4.31 Å². The molecule has 24 heavy (non-hydrogen) atoms. The van der Waals surface area contributed by atoms with E-state index >= 15 is 0 Å². The van der Waals surface area contributed by atoms with Crippen LogP contribution in [0, 0.1) is 5.92 Å². The lowest BCUT2D eigenvalue weighted by atomic mass is 10.2. The second kappa shape index (κ2) is 7.63. The first-order valence-corrected chi connectivity index (χ1v) is 10.1. The fraction of sp³-hybridized carbons (Fsp3) is 0.588. The van der Waals surface area contributed by atoms with Crippen molar-refractivity contribution in [3.05, 3.63) is 29.8 Å². The van der Waals surface area contributed by atoms with Gasteiger partial charge in [0.15, 0.2) is 0 Å². The summed E-state index contributed by atoms with van der Waals surface area (Å²) in [5, 5.41) is 2.89. The molecule has 132 valence electrons. The third-order valence-electron chi connectivity index (χ3n) is 4.51. The molecule has 7 heteroatoms. The quantitative estimate of drug-likeness (QED) is 0.825. The molecule has 1 heterocycles. The Morgan fingerprint density at radius 1 is 1.12 bits per heavy atom. The van der Waals surface area contributed by atoms with Gasteiger partial charge < -0.3 is 5.32 Å². The molecule has 2 N–H and O–H groups in total. The monoisotopic (exact) mass is 351 g/mol. The maximum absolute atomic E-state index is 12.4. The van der Waals surface area contributed by atoms with Gasteiger partial charge in [-0.1, -0.05) is 25.0 Å². The van der Waals surface area contributed by atoms with Gasteiger partial charge in [0.25, 0.3) is 10.2 Å². The van der Waals surface area contributed by atoms with Crippen LogP contribution in [0.3, 0.4) is 0 Å². The Balaban J connectivity index is 1.57. The summed E-state index contributed by atoms with van der Waals surface area (Å²) < 4.78 is 29.0. The summed E-state index contributed by atoms with van der Waals surface area (Å²) in [6.07, 6.45) is 5.94. The standard InChI is InChI=1S/C17H25N3O3S/c21-17(15-8-9-15)19-16-7-5-6-14(12-16)13-18-24(22,23)20-10-3-1-2-4-11-20/h5-7,12,15,18H,1-4,8-11,13H2,(H,19,21). The van der Waals surface area contributed by atoms with Crippen molar-refractivity contribution in [2.24, 2.45) is 5.92 Å². The second-order valence-corrected chi connectivity index (χ2v) is 8.36. The average Bonchev–Trinajstić information content (AvgIpc) is 3.39. The molecule has 0 radical (unpaired) electrons. The third kappa shape index (κ3) is 4.78. The molecule has 1 aromatic carbocycles. The molecule has 6 nitrogen and oxygen atoms in total. The van der Waals surface area contributed by atoms with E-state index in [1.165, 1.54) is 0 Å². The van der Waals surface area contributed by atoms with Crippen LogP contribution in [0.2, 0.25) is 0 Å². The average molecular weight is 351 g/mol. The van der Waals surface area contributed by atoms with Gasteiger partial charge in [-0.2, -0.15) is 17.4 Å². The van der Waals surface area contributed by atoms with E-state index in [-0.39, 0.29) is 18.4 Å². The van der Waals surface area contributed by atoms with Crippen molar-refractivity contribution in [1.82, 2.24) is 9.03 Å². The molecule has 0 bridgehead atoms. The van der Waals surface area contributed by atoms with Gasteiger partial charge in [0, 0.05) is 31.2 Å². The molecule has 1 saturated carbocycles. The highest BCUT2D eigenvalue weighted by Crippen LogP contribution is 2.30. The number of carbonyl (C=O) groups excluding carboxylic acids is 1. The zero-order valence-corrected chi connectivity index (χ0v) is 14.6. The predicted molar refractivity (Wildman–Crippen MR) is 93.6 cm³/mol. The number of hydrogen-bond acceptors (Lipinski definition) is 3. The van der Waals surface area contributed by atoms with Gasteiger partial charge in [0.05, 0.1) is 0 Å². The van der Waals surface area contributed by atoms with Gasteiger partial charge in [0.2, 0.25) is 5.91 Å². The molecule has 0 spiro atoms. The fourth-order valence-electron chi connectivity index (χ4n) is 2.90. The van der Waals surface area contributed by atoms with Crippen molar-refractivity contribution in [2.75, 3.05) is 18.4 Å². The molecule has 2 aliphatic rings. The van der Waals surface area contributed by atoms with Crippen molar-refractivity contribution in [3.63, 3.8) is 0 Å². The Labute approximate surface area is 143 Å². The number of nitrogens with zero attached hydrogens (tertiary/aromatic N) is 1. The summed E-state index contributed by atoms with van der Waals surface area (Å²) in [5.41, 5.74) is 1.56. The number of hydrogen-bond donors (Lipinski definition) is 2. The molecule has 0 unspecified atom stereocenters. The smallest absolute Gasteiger partial charge is 0.279 e. The van der Waals surface area contributed by atoms with Crippen molar-refractivity contribution >= 4 is 21.8 Å². The zero-order chi connectivity index (χ0) is 17.0. The molecule has 1 aromatic rings. The fourth-order valence-corrected chi connectivity index (χ4v) is 4.17. The van der Waals surface area contributed by atoms with E-state index in [1.807, 2.05) is 24.3 Å². The van der Waals surface area contributed by atoms with Crippen LogP contribution in [-0.4, -0.2) is 31.7 Å². The summed E-state index contributed by atoms with van der Waals surface area (Å²) in [5.74, 6) is 0.201. The number of nitrogens with one attached hydrogen (secondary N) is 2. The van der Waals surface area contributed by atoms with E-state index in [4.69, 9.17) is 0 Å². The number of rotatable bonds is 6. The predicted octanol–water partition coefficient (Wildman–Crippen LogP) is 2.25. The van der Waals surface area contributed by atoms with Gasteiger partial charge in [0.1, 0.15) is 0 Å². The second-order valence-electron chi connectivity index (χ2n) is 6.60. The van der Waals surface area contributed by atoms with Gasteiger partial charge in [-0.3, -0.25) is 4.79 Å². The first-order valence-electron chi connectivity index (χ1n) is 8.69. The van der Waals surface area contributed by atoms with Crippen LogP contribution in [0.25, 0.3) is 0 Å². The summed E-state index contributed by atoms with van der Waals surface area (Å²) in [7, 11) is -3.45. The maximum Gasteiger partial charge on any atom is 0.279 e. The van der Waals surface area contributed by atoms with Gasteiger partial charge >= 0.3 is 0 Å². The highest BCUT2D eigenvalue weighted by Gasteiger charge is 2.29. The number of carbonyl (C=O) groups is 1. The molecule has 0 aromatic heterocycles. The molecule has 3 rings (SSSR count).